The van der Waals surface area contributed by atoms with E-state index >= 15 is 0 Å². The van der Waals surface area contributed by atoms with E-state index in [-0.39, 0.29) is 12.4 Å². The molecule has 2 N–H and O–H groups in total. The predicted molar refractivity (Wildman–Crippen MR) is 90.4 cm³/mol. The van der Waals surface area contributed by atoms with E-state index in [0.717, 1.165) is 61.8 Å². The Bertz CT molecular complexity index is 438. The van der Waals surface area contributed by atoms with E-state index < -0.39 is 0 Å². The number of rotatable bonds is 6. The van der Waals surface area contributed by atoms with Gasteiger partial charge >= 0.3 is 0 Å². The highest BCUT2D eigenvalue weighted by Gasteiger charge is 2.21. The van der Waals surface area contributed by atoms with Crippen LogP contribution in [0, 0.1) is 5.92 Å². The second kappa shape index (κ2) is 9.08. The van der Waals surface area contributed by atoms with E-state index in [9.17, 15) is 0 Å². The van der Waals surface area contributed by atoms with Gasteiger partial charge in [0.25, 0.3) is 0 Å². The molecule has 5 nitrogen and oxygen atoms in total. The largest absolute Gasteiger partial charge is 0.496 e. The molecule has 0 unspecified atom stereocenters. The number of likely N-dealkylation sites (tertiary alicyclic amines) is 1. The molecule has 22 heavy (non-hydrogen) atoms. The van der Waals surface area contributed by atoms with Gasteiger partial charge in [-0.15, -0.1) is 12.4 Å². The molecule has 2 rings (SSSR count). The third kappa shape index (κ3) is 4.41. The summed E-state index contributed by atoms with van der Waals surface area (Å²) in [5, 5.41) is 0. The van der Waals surface area contributed by atoms with Crippen LogP contribution >= 0.6 is 12.4 Å². The van der Waals surface area contributed by atoms with Crippen LogP contribution < -0.4 is 19.9 Å². The molecule has 126 valence electrons. The summed E-state index contributed by atoms with van der Waals surface area (Å²) in [6.07, 6.45) is 2.33. The average molecular weight is 331 g/mol. The highest BCUT2D eigenvalue weighted by atomic mass is 35.5. The van der Waals surface area contributed by atoms with Crippen LogP contribution in [0.25, 0.3) is 0 Å². The van der Waals surface area contributed by atoms with Crippen LogP contribution in [0.1, 0.15) is 18.4 Å². The Hall–Kier alpha value is -1.17. The smallest absolute Gasteiger partial charge is 0.130 e. The van der Waals surface area contributed by atoms with Crippen molar-refractivity contribution in [1.82, 2.24) is 4.90 Å². The molecule has 0 saturated carbocycles. The van der Waals surface area contributed by atoms with E-state index in [1.807, 2.05) is 12.1 Å². The Labute approximate surface area is 139 Å². The summed E-state index contributed by atoms with van der Waals surface area (Å²) in [4.78, 5) is 2.43. The first-order chi connectivity index (χ1) is 10.2. The molecule has 0 aliphatic carbocycles. The zero-order valence-electron chi connectivity index (χ0n) is 13.6. The summed E-state index contributed by atoms with van der Waals surface area (Å²) >= 11 is 0. The molecular formula is C16H27ClN2O3. The minimum absolute atomic E-state index is 0. The third-order valence-electron chi connectivity index (χ3n) is 4.24. The molecule has 1 fully saturated rings. The van der Waals surface area contributed by atoms with E-state index in [2.05, 4.69) is 4.90 Å². The molecule has 0 radical (unpaired) electrons. The summed E-state index contributed by atoms with van der Waals surface area (Å²) in [5.41, 5.74) is 6.83. The lowest BCUT2D eigenvalue weighted by Gasteiger charge is -2.32. The van der Waals surface area contributed by atoms with Crippen LogP contribution in [0.3, 0.4) is 0 Å². The van der Waals surface area contributed by atoms with Crippen LogP contribution in [0.4, 0.5) is 0 Å². The second-order valence-corrected chi connectivity index (χ2v) is 5.47. The van der Waals surface area contributed by atoms with E-state index in [1.165, 1.54) is 0 Å². The number of halogens is 1. The number of hydrogen-bond donors (Lipinski definition) is 1. The van der Waals surface area contributed by atoms with Crippen LogP contribution in [0.5, 0.6) is 17.2 Å². The molecule has 1 aliphatic rings. The zero-order chi connectivity index (χ0) is 15.2. The van der Waals surface area contributed by atoms with Crippen molar-refractivity contribution in [2.75, 3.05) is 41.0 Å². The zero-order valence-corrected chi connectivity index (χ0v) is 14.4. The molecule has 0 bridgehead atoms. The molecular weight excluding hydrogens is 304 g/mol. The quantitative estimate of drug-likeness (QED) is 0.867. The molecule has 0 amide bonds. The summed E-state index contributed by atoms with van der Waals surface area (Å²) < 4.78 is 16.3. The number of hydrogen-bond acceptors (Lipinski definition) is 5. The number of methoxy groups -OCH3 is 3. The fourth-order valence-corrected chi connectivity index (χ4v) is 2.84. The van der Waals surface area contributed by atoms with Crippen molar-refractivity contribution in [2.24, 2.45) is 11.7 Å². The van der Waals surface area contributed by atoms with E-state index in [4.69, 9.17) is 19.9 Å². The van der Waals surface area contributed by atoms with Crippen LogP contribution in [0.15, 0.2) is 12.1 Å². The molecule has 0 spiro atoms. The van der Waals surface area contributed by atoms with Gasteiger partial charge in [0, 0.05) is 18.7 Å². The summed E-state index contributed by atoms with van der Waals surface area (Å²) in [7, 11) is 5.00. The number of ether oxygens (including phenoxy) is 3. The fourth-order valence-electron chi connectivity index (χ4n) is 2.84. The van der Waals surface area contributed by atoms with Crippen molar-refractivity contribution in [3.63, 3.8) is 0 Å². The lowest BCUT2D eigenvalue weighted by Crippen LogP contribution is -2.35. The van der Waals surface area contributed by atoms with Gasteiger partial charge in [-0.3, -0.25) is 4.90 Å². The Morgan fingerprint density at radius 1 is 1.05 bits per heavy atom. The molecule has 6 heteroatoms. The van der Waals surface area contributed by atoms with Crippen molar-refractivity contribution in [1.29, 1.82) is 0 Å². The van der Waals surface area contributed by atoms with Gasteiger partial charge in [0.15, 0.2) is 0 Å². The van der Waals surface area contributed by atoms with Gasteiger partial charge in [-0.1, -0.05) is 0 Å². The lowest BCUT2D eigenvalue weighted by molar-refractivity contribution is 0.177. The lowest BCUT2D eigenvalue weighted by atomic mass is 9.96. The molecule has 0 aromatic heterocycles. The van der Waals surface area contributed by atoms with Crippen molar-refractivity contribution in [3.05, 3.63) is 17.7 Å². The maximum Gasteiger partial charge on any atom is 0.130 e. The van der Waals surface area contributed by atoms with Gasteiger partial charge < -0.3 is 19.9 Å². The van der Waals surface area contributed by atoms with Crippen molar-refractivity contribution < 1.29 is 14.2 Å². The average Bonchev–Trinajstić information content (AvgIpc) is 2.55. The third-order valence-corrected chi connectivity index (χ3v) is 4.24. The Morgan fingerprint density at radius 3 is 2.00 bits per heavy atom. The maximum absolute atomic E-state index is 5.75. The minimum atomic E-state index is 0. The molecule has 1 heterocycles. The Morgan fingerprint density at radius 2 is 1.59 bits per heavy atom. The number of piperidine rings is 1. The van der Waals surface area contributed by atoms with Gasteiger partial charge in [-0.25, -0.2) is 0 Å². The van der Waals surface area contributed by atoms with E-state index in [1.54, 1.807) is 21.3 Å². The van der Waals surface area contributed by atoms with Crippen molar-refractivity contribution in [3.8, 4) is 17.2 Å². The standard InChI is InChI=1S/C16H26N2O3.ClH/c1-19-13-8-15(20-2)14(16(9-13)21-3)11-18-6-4-12(10-17)5-7-18;/h8-9,12H,4-7,10-11,17H2,1-3H3;1H. The SMILES string of the molecule is COc1cc(OC)c(CN2CCC(CN)CC2)c(OC)c1.Cl. The predicted octanol–water partition coefficient (Wildman–Crippen LogP) is 2.30. The molecule has 1 aromatic carbocycles. The van der Waals surface area contributed by atoms with Gasteiger partial charge in [-0.05, 0) is 38.4 Å². The minimum Gasteiger partial charge on any atom is -0.496 e. The maximum atomic E-state index is 5.75. The first kappa shape index (κ1) is 18.9. The van der Waals surface area contributed by atoms with Crippen LogP contribution in [-0.4, -0.2) is 45.9 Å². The van der Waals surface area contributed by atoms with Gasteiger partial charge in [0.1, 0.15) is 17.2 Å². The van der Waals surface area contributed by atoms with Crippen LogP contribution in [0.2, 0.25) is 0 Å². The molecule has 1 aliphatic heterocycles. The molecule has 1 saturated heterocycles. The molecule has 1 aromatic rings. The van der Waals surface area contributed by atoms with Gasteiger partial charge in [0.2, 0.25) is 0 Å². The number of benzene rings is 1. The monoisotopic (exact) mass is 330 g/mol. The normalized spacial score (nSPS) is 16.0. The van der Waals surface area contributed by atoms with Crippen LogP contribution in [-0.2, 0) is 6.54 Å². The number of nitrogens with two attached hydrogens (primary N) is 1. The van der Waals surface area contributed by atoms with E-state index in [0.29, 0.717) is 5.92 Å². The van der Waals surface area contributed by atoms with Crippen molar-refractivity contribution >= 4 is 12.4 Å². The first-order valence-electron chi connectivity index (χ1n) is 7.43. The Kier molecular flexibility index (Phi) is 7.79. The highest BCUT2D eigenvalue weighted by molar-refractivity contribution is 5.85. The fraction of sp³-hybridized carbons (Fsp3) is 0.625. The second-order valence-electron chi connectivity index (χ2n) is 5.47. The first-order valence-corrected chi connectivity index (χ1v) is 7.43. The van der Waals surface area contributed by atoms with Crippen molar-refractivity contribution in [2.45, 2.75) is 19.4 Å². The van der Waals surface area contributed by atoms with Gasteiger partial charge in [-0.2, -0.15) is 0 Å². The molecule has 0 atom stereocenters. The number of nitrogens with zero attached hydrogens (tertiary/aromatic N) is 1. The topological polar surface area (TPSA) is 57.0 Å². The summed E-state index contributed by atoms with van der Waals surface area (Å²) in [5.74, 6) is 3.04. The summed E-state index contributed by atoms with van der Waals surface area (Å²) in [6, 6.07) is 3.81. The van der Waals surface area contributed by atoms with Gasteiger partial charge in [0.05, 0.1) is 26.9 Å². The summed E-state index contributed by atoms with van der Waals surface area (Å²) in [6.45, 7) is 3.76. The highest BCUT2D eigenvalue weighted by Crippen LogP contribution is 2.35. The Balaban J connectivity index is 0.00000242.